The minimum atomic E-state index is -2.78. The maximum atomic E-state index is 13.7. The average molecular weight is 427 g/mol. The van der Waals surface area contributed by atoms with Crippen molar-refractivity contribution in [1.29, 1.82) is 0 Å². The average Bonchev–Trinajstić information content (AvgIpc) is 3.19. The van der Waals surface area contributed by atoms with Gasteiger partial charge in [0.1, 0.15) is 11.3 Å². The third kappa shape index (κ3) is 3.89. The molecule has 0 aliphatic carbocycles. The molecule has 148 valence electrons. The first-order valence-corrected chi connectivity index (χ1v) is 9.54. The van der Waals surface area contributed by atoms with Crippen molar-refractivity contribution in [2.75, 3.05) is 18.0 Å². The second-order valence-electron chi connectivity index (χ2n) is 6.69. The molecule has 1 atom stereocenters. The molecule has 1 unspecified atom stereocenters. The monoisotopic (exact) mass is 426 g/mol. The number of hydrogen-bond donors (Lipinski definition) is 2. The van der Waals surface area contributed by atoms with E-state index in [2.05, 4.69) is 32.9 Å². The lowest BCUT2D eigenvalue weighted by molar-refractivity contribution is 0.0257. The summed E-state index contributed by atoms with van der Waals surface area (Å²) >= 11 is 10.2. The van der Waals surface area contributed by atoms with E-state index in [1.165, 1.54) is 4.90 Å². The van der Waals surface area contributed by atoms with Crippen molar-refractivity contribution in [2.45, 2.75) is 30.7 Å². The second-order valence-corrected chi connectivity index (χ2v) is 7.69. The summed E-state index contributed by atoms with van der Waals surface area (Å²) in [4.78, 5) is 10.3. The summed E-state index contributed by atoms with van der Waals surface area (Å²) in [5, 5.41) is 18.4. The normalized spacial score (nSPS) is 17.4. The van der Waals surface area contributed by atoms with E-state index in [0.717, 1.165) is 5.56 Å². The smallest absolute Gasteiger partial charge is 0.266 e. The van der Waals surface area contributed by atoms with Crippen molar-refractivity contribution >= 4 is 41.2 Å². The Bertz CT molecular complexity index is 1010. The number of aliphatic hydroxyl groups excluding tert-OH is 1. The highest BCUT2D eigenvalue weighted by atomic mass is 35.5. The zero-order chi connectivity index (χ0) is 19.9. The molecule has 4 rings (SSSR count). The second kappa shape index (κ2) is 7.41. The summed E-state index contributed by atoms with van der Waals surface area (Å²) in [7, 11) is 0. The molecular weight excluding hydrogens is 410 g/mol. The lowest BCUT2D eigenvalue weighted by Gasteiger charge is -2.18. The summed E-state index contributed by atoms with van der Waals surface area (Å²) in [6.07, 6.45) is -0.190. The van der Waals surface area contributed by atoms with Crippen molar-refractivity contribution in [2.24, 2.45) is 0 Å². The first-order valence-electron chi connectivity index (χ1n) is 8.65. The van der Waals surface area contributed by atoms with E-state index in [1.54, 1.807) is 10.7 Å². The lowest BCUT2D eigenvalue weighted by Crippen LogP contribution is -2.26. The molecule has 0 saturated carbocycles. The third-order valence-corrected chi connectivity index (χ3v) is 5.05. The van der Waals surface area contributed by atoms with Gasteiger partial charge in [0.25, 0.3) is 5.92 Å². The van der Waals surface area contributed by atoms with Gasteiger partial charge in [0.2, 0.25) is 0 Å². The fourth-order valence-electron chi connectivity index (χ4n) is 3.17. The molecule has 0 bridgehead atoms. The van der Waals surface area contributed by atoms with Gasteiger partial charge in [0.15, 0.2) is 17.0 Å². The molecule has 7 nitrogen and oxygen atoms in total. The van der Waals surface area contributed by atoms with Crippen LogP contribution in [0.25, 0.3) is 11.2 Å². The Balaban J connectivity index is 1.78. The Morgan fingerprint density at radius 2 is 2.07 bits per heavy atom. The molecular formula is C17H17ClF2N6OS. The van der Waals surface area contributed by atoms with E-state index in [4.69, 9.17) is 11.6 Å². The van der Waals surface area contributed by atoms with Crippen LogP contribution < -0.4 is 4.90 Å². The summed E-state index contributed by atoms with van der Waals surface area (Å²) < 4.78 is 29.0. The molecule has 0 radical (unpaired) electrons. The van der Waals surface area contributed by atoms with Crippen LogP contribution in [0.1, 0.15) is 17.8 Å². The van der Waals surface area contributed by atoms with E-state index in [1.807, 2.05) is 18.2 Å². The minimum Gasteiger partial charge on any atom is -0.382 e. The summed E-state index contributed by atoms with van der Waals surface area (Å²) in [5.74, 6) is -2.21. The van der Waals surface area contributed by atoms with Crippen molar-refractivity contribution < 1.29 is 13.9 Å². The SMILES string of the molecule is OC(S)Cc1nc(N2CCC(F)(F)C2)c2nnn(Cc3ccccc3Cl)c2n1. The molecule has 1 aromatic carbocycles. The zero-order valence-corrected chi connectivity index (χ0v) is 16.3. The zero-order valence-electron chi connectivity index (χ0n) is 14.6. The van der Waals surface area contributed by atoms with E-state index < -0.39 is 17.9 Å². The van der Waals surface area contributed by atoms with Gasteiger partial charge in [-0.05, 0) is 11.6 Å². The number of fused-ring (bicyclic) bond motifs is 1. The molecule has 1 N–H and O–H groups in total. The van der Waals surface area contributed by atoms with Crippen molar-refractivity contribution in [3.63, 3.8) is 0 Å². The highest BCUT2D eigenvalue weighted by Gasteiger charge is 2.40. The molecule has 1 aliphatic rings. The maximum absolute atomic E-state index is 13.7. The van der Waals surface area contributed by atoms with Gasteiger partial charge in [0, 0.05) is 24.4 Å². The van der Waals surface area contributed by atoms with E-state index in [-0.39, 0.29) is 31.0 Å². The lowest BCUT2D eigenvalue weighted by atomic mass is 10.2. The minimum absolute atomic E-state index is 0.0631. The molecule has 0 spiro atoms. The largest absolute Gasteiger partial charge is 0.382 e. The van der Waals surface area contributed by atoms with Crippen LogP contribution in [0, 0.1) is 0 Å². The number of hydrogen-bond acceptors (Lipinski definition) is 7. The Kier molecular flexibility index (Phi) is 5.11. The molecule has 1 saturated heterocycles. The van der Waals surface area contributed by atoms with Gasteiger partial charge in [-0.15, -0.1) is 17.7 Å². The number of rotatable bonds is 5. The van der Waals surface area contributed by atoms with Gasteiger partial charge in [-0.1, -0.05) is 35.0 Å². The Labute approximate surface area is 169 Å². The number of benzene rings is 1. The van der Waals surface area contributed by atoms with Gasteiger partial charge in [-0.2, -0.15) is 0 Å². The first kappa shape index (κ1) is 19.3. The molecule has 0 amide bonds. The summed E-state index contributed by atoms with van der Waals surface area (Å²) in [5.41, 5.74) is 0.573. The predicted octanol–water partition coefficient (Wildman–Crippen LogP) is 2.56. The number of thiol groups is 1. The van der Waals surface area contributed by atoms with E-state index in [9.17, 15) is 13.9 Å². The first-order chi connectivity index (χ1) is 13.3. The number of halogens is 3. The molecule has 11 heteroatoms. The fourth-order valence-corrected chi connectivity index (χ4v) is 3.53. The quantitative estimate of drug-likeness (QED) is 0.482. The van der Waals surface area contributed by atoms with Gasteiger partial charge in [-0.3, -0.25) is 0 Å². The van der Waals surface area contributed by atoms with E-state index in [0.29, 0.717) is 22.7 Å². The maximum Gasteiger partial charge on any atom is 0.266 e. The molecule has 28 heavy (non-hydrogen) atoms. The Morgan fingerprint density at radius 1 is 1.29 bits per heavy atom. The van der Waals surface area contributed by atoms with Gasteiger partial charge in [0.05, 0.1) is 13.1 Å². The summed E-state index contributed by atoms with van der Waals surface area (Å²) in [6, 6.07) is 7.31. The number of aliphatic hydroxyl groups is 1. The van der Waals surface area contributed by atoms with Crippen molar-refractivity contribution in [1.82, 2.24) is 25.0 Å². The van der Waals surface area contributed by atoms with Crippen LogP contribution >= 0.6 is 24.2 Å². The van der Waals surface area contributed by atoms with Crippen LogP contribution in [-0.4, -0.2) is 54.5 Å². The molecule has 3 heterocycles. The Morgan fingerprint density at radius 3 is 2.75 bits per heavy atom. The van der Waals surface area contributed by atoms with Gasteiger partial charge < -0.3 is 10.0 Å². The number of anilines is 1. The van der Waals surface area contributed by atoms with Crippen LogP contribution in [0.4, 0.5) is 14.6 Å². The number of aromatic nitrogens is 5. The predicted molar refractivity (Wildman–Crippen MR) is 104 cm³/mol. The standard InChI is InChI=1S/C17H17ClF2N6OS/c18-11-4-2-1-3-10(11)8-26-16-14(23-24-26)15(21-12(22-16)7-13(27)28)25-6-5-17(19,20)9-25/h1-4,13,27-28H,5-9H2. The Hall–Kier alpha value is -2.04. The molecule has 2 aromatic heterocycles. The van der Waals surface area contributed by atoms with Crippen molar-refractivity contribution in [3.8, 4) is 0 Å². The topological polar surface area (TPSA) is 80.0 Å². The molecule has 1 aliphatic heterocycles. The van der Waals surface area contributed by atoms with Crippen LogP contribution in [0.5, 0.6) is 0 Å². The van der Waals surface area contributed by atoms with Crippen LogP contribution in [0.15, 0.2) is 24.3 Å². The molecule has 1 fully saturated rings. The van der Waals surface area contributed by atoms with Crippen LogP contribution in [-0.2, 0) is 13.0 Å². The van der Waals surface area contributed by atoms with Crippen LogP contribution in [0.3, 0.4) is 0 Å². The summed E-state index contributed by atoms with van der Waals surface area (Å²) in [6.45, 7) is 0.0182. The highest BCUT2D eigenvalue weighted by Crippen LogP contribution is 2.33. The third-order valence-electron chi connectivity index (χ3n) is 4.50. The highest BCUT2D eigenvalue weighted by molar-refractivity contribution is 7.80. The van der Waals surface area contributed by atoms with Gasteiger partial charge in [-0.25, -0.2) is 23.4 Å². The van der Waals surface area contributed by atoms with Gasteiger partial charge >= 0.3 is 0 Å². The fraction of sp³-hybridized carbons (Fsp3) is 0.412. The number of alkyl halides is 2. The van der Waals surface area contributed by atoms with Crippen LogP contribution in [0.2, 0.25) is 5.02 Å². The number of nitrogens with zero attached hydrogens (tertiary/aromatic N) is 6. The van der Waals surface area contributed by atoms with E-state index >= 15 is 0 Å². The molecule has 3 aromatic rings. The van der Waals surface area contributed by atoms with Crippen molar-refractivity contribution in [3.05, 3.63) is 40.7 Å².